The molecule has 3 aromatic rings. The largest absolute Gasteiger partial charge is 0.508 e. The Labute approximate surface area is 146 Å². The van der Waals surface area contributed by atoms with Crippen LogP contribution in [0, 0.1) is 6.92 Å². The summed E-state index contributed by atoms with van der Waals surface area (Å²) in [6.45, 7) is 3.57. The summed E-state index contributed by atoms with van der Waals surface area (Å²) in [5.74, 6) is 0.179. The van der Waals surface area contributed by atoms with Crippen LogP contribution in [0.25, 0.3) is 10.9 Å². The van der Waals surface area contributed by atoms with Crippen LogP contribution in [-0.4, -0.2) is 21.0 Å². The first-order chi connectivity index (χ1) is 12.0. The van der Waals surface area contributed by atoms with E-state index in [9.17, 15) is 15.0 Å². The van der Waals surface area contributed by atoms with Gasteiger partial charge in [-0.1, -0.05) is 25.1 Å². The maximum Gasteiger partial charge on any atom is 0.166 e. The molecular formula is C20H20N2O3. The lowest BCUT2D eigenvalue weighted by Crippen LogP contribution is -2.06. The van der Waals surface area contributed by atoms with Gasteiger partial charge in [0.15, 0.2) is 5.78 Å². The van der Waals surface area contributed by atoms with E-state index in [1.165, 1.54) is 0 Å². The molecule has 5 nitrogen and oxygen atoms in total. The number of ketones is 1. The van der Waals surface area contributed by atoms with Crippen molar-refractivity contribution in [3.8, 4) is 5.75 Å². The molecule has 0 bridgehead atoms. The molecule has 3 N–H and O–H groups in total. The lowest BCUT2D eigenvalue weighted by Gasteiger charge is -2.16. The van der Waals surface area contributed by atoms with Gasteiger partial charge in [0.05, 0.1) is 23.4 Å². The second kappa shape index (κ2) is 6.91. The summed E-state index contributed by atoms with van der Waals surface area (Å²) in [6, 6.07) is 10.6. The zero-order chi connectivity index (χ0) is 18.0. The number of nitrogens with one attached hydrogen (secondary N) is 1. The van der Waals surface area contributed by atoms with Crippen molar-refractivity contribution in [2.24, 2.45) is 0 Å². The Morgan fingerprint density at radius 1 is 1.24 bits per heavy atom. The zero-order valence-corrected chi connectivity index (χ0v) is 14.2. The number of carbonyl (C=O) groups excluding carboxylic acids is 1. The molecule has 25 heavy (non-hydrogen) atoms. The predicted molar refractivity (Wildman–Crippen MR) is 98.4 cm³/mol. The molecule has 0 aliphatic carbocycles. The van der Waals surface area contributed by atoms with E-state index in [2.05, 4.69) is 10.3 Å². The summed E-state index contributed by atoms with van der Waals surface area (Å²) in [7, 11) is 0. The lowest BCUT2D eigenvalue weighted by atomic mass is 10.0. The van der Waals surface area contributed by atoms with Crippen molar-refractivity contribution < 1.29 is 15.0 Å². The van der Waals surface area contributed by atoms with Crippen LogP contribution in [0.1, 0.15) is 34.8 Å². The number of phenols is 1. The average molecular weight is 336 g/mol. The molecule has 0 amide bonds. The average Bonchev–Trinajstić information content (AvgIpc) is 2.62. The maximum atomic E-state index is 12.4. The first kappa shape index (κ1) is 16.9. The molecule has 0 atom stereocenters. The smallest absolute Gasteiger partial charge is 0.166 e. The standard InChI is InChI=1S/C20H20N2O3/c1-3-18(25)16-10-21-19-13(11-23)5-4-6-15(19)20(16)22-17-8-7-14(24)9-12(17)2/h4-10,23-24H,3,11H2,1-2H3,(H,21,22). The summed E-state index contributed by atoms with van der Waals surface area (Å²) in [5, 5.41) is 23.3. The number of rotatable bonds is 5. The molecular weight excluding hydrogens is 316 g/mol. The van der Waals surface area contributed by atoms with Crippen molar-refractivity contribution >= 4 is 28.1 Å². The van der Waals surface area contributed by atoms with Gasteiger partial charge >= 0.3 is 0 Å². The van der Waals surface area contributed by atoms with Crippen molar-refractivity contribution in [2.75, 3.05) is 5.32 Å². The van der Waals surface area contributed by atoms with Gasteiger partial charge in [-0.05, 0) is 30.7 Å². The number of pyridine rings is 1. The Hall–Kier alpha value is -2.92. The Bertz CT molecular complexity index is 951. The summed E-state index contributed by atoms with van der Waals surface area (Å²) in [4.78, 5) is 16.8. The number of hydrogen-bond acceptors (Lipinski definition) is 5. The highest BCUT2D eigenvalue weighted by molar-refractivity contribution is 6.09. The molecule has 1 aromatic heterocycles. The second-order valence-electron chi connectivity index (χ2n) is 5.92. The summed E-state index contributed by atoms with van der Waals surface area (Å²) >= 11 is 0. The number of hydrogen-bond donors (Lipinski definition) is 3. The van der Waals surface area contributed by atoms with Gasteiger partial charge in [0.25, 0.3) is 0 Å². The number of carbonyl (C=O) groups is 1. The number of phenolic OH excluding ortho intramolecular Hbond substituents is 1. The van der Waals surface area contributed by atoms with Crippen LogP contribution in [0.2, 0.25) is 0 Å². The van der Waals surface area contributed by atoms with E-state index >= 15 is 0 Å². The van der Waals surface area contributed by atoms with Gasteiger partial charge in [0.2, 0.25) is 0 Å². The topological polar surface area (TPSA) is 82.5 Å². The first-order valence-corrected chi connectivity index (χ1v) is 8.16. The van der Waals surface area contributed by atoms with Crippen molar-refractivity contribution in [3.05, 3.63) is 59.3 Å². The minimum atomic E-state index is -0.122. The highest BCUT2D eigenvalue weighted by atomic mass is 16.3. The van der Waals surface area contributed by atoms with Crippen LogP contribution in [0.4, 0.5) is 11.4 Å². The third-order valence-electron chi connectivity index (χ3n) is 4.24. The number of aromatic hydroxyl groups is 1. The van der Waals surface area contributed by atoms with Crippen molar-refractivity contribution in [3.63, 3.8) is 0 Å². The monoisotopic (exact) mass is 336 g/mol. The quantitative estimate of drug-likeness (QED) is 0.483. The van der Waals surface area contributed by atoms with Gasteiger partial charge in [0, 0.05) is 29.3 Å². The molecule has 0 saturated carbocycles. The molecule has 1 heterocycles. The molecule has 0 aliphatic heterocycles. The Morgan fingerprint density at radius 3 is 2.72 bits per heavy atom. The molecule has 0 unspecified atom stereocenters. The molecule has 5 heteroatoms. The molecule has 0 saturated heterocycles. The van der Waals surface area contributed by atoms with Gasteiger partial charge in [0.1, 0.15) is 5.75 Å². The number of anilines is 2. The summed E-state index contributed by atoms with van der Waals surface area (Å²) in [5.41, 5.74) is 4.21. The van der Waals surface area contributed by atoms with Gasteiger partial charge in [-0.15, -0.1) is 0 Å². The highest BCUT2D eigenvalue weighted by Crippen LogP contribution is 2.33. The third-order valence-corrected chi connectivity index (χ3v) is 4.24. The fraction of sp³-hybridized carbons (Fsp3) is 0.200. The Kier molecular flexibility index (Phi) is 4.67. The fourth-order valence-corrected chi connectivity index (χ4v) is 2.87. The van der Waals surface area contributed by atoms with Crippen LogP contribution in [0.15, 0.2) is 42.6 Å². The molecule has 0 aliphatic rings. The molecule has 128 valence electrons. The normalized spacial score (nSPS) is 10.8. The molecule has 0 radical (unpaired) electrons. The van der Waals surface area contributed by atoms with Crippen LogP contribution in [0.3, 0.4) is 0 Å². The number of para-hydroxylation sites is 1. The SMILES string of the molecule is CCC(=O)c1cnc2c(CO)cccc2c1Nc1ccc(O)cc1C. The number of aliphatic hydroxyl groups is 1. The lowest BCUT2D eigenvalue weighted by molar-refractivity contribution is 0.0989. The number of aromatic nitrogens is 1. The maximum absolute atomic E-state index is 12.4. The van der Waals surface area contributed by atoms with Crippen LogP contribution >= 0.6 is 0 Å². The van der Waals surface area contributed by atoms with E-state index in [1.807, 2.05) is 32.0 Å². The van der Waals surface area contributed by atoms with Crippen LogP contribution in [-0.2, 0) is 6.61 Å². The van der Waals surface area contributed by atoms with E-state index in [0.29, 0.717) is 28.8 Å². The molecule has 3 rings (SSSR count). The predicted octanol–water partition coefficient (Wildman–Crippen LogP) is 4.08. The van der Waals surface area contributed by atoms with Crippen molar-refractivity contribution in [1.29, 1.82) is 0 Å². The Morgan fingerprint density at radius 2 is 2.04 bits per heavy atom. The molecule has 0 fully saturated rings. The number of Topliss-reactive ketones (excluding diaryl/α,β-unsaturated/α-hetero) is 1. The van der Waals surface area contributed by atoms with E-state index < -0.39 is 0 Å². The van der Waals surface area contributed by atoms with Gasteiger partial charge in [-0.25, -0.2) is 0 Å². The number of aryl methyl sites for hydroxylation is 1. The number of nitrogens with zero attached hydrogens (tertiary/aromatic N) is 1. The second-order valence-corrected chi connectivity index (χ2v) is 5.92. The first-order valence-electron chi connectivity index (χ1n) is 8.16. The van der Waals surface area contributed by atoms with Crippen molar-refractivity contribution in [2.45, 2.75) is 26.9 Å². The minimum Gasteiger partial charge on any atom is -0.508 e. The fourth-order valence-electron chi connectivity index (χ4n) is 2.87. The number of benzene rings is 2. The van der Waals surface area contributed by atoms with Gasteiger partial charge in [-0.3, -0.25) is 9.78 Å². The Balaban J connectivity index is 2.23. The van der Waals surface area contributed by atoms with Crippen LogP contribution in [0.5, 0.6) is 5.75 Å². The summed E-state index contributed by atoms with van der Waals surface area (Å²) in [6.07, 6.45) is 1.93. The van der Waals surface area contributed by atoms with Gasteiger partial charge in [-0.2, -0.15) is 0 Å². The van der Waals surface area contributed by atoms with E-state index in [4.69, 9.17) is 0 Å². The molecule has 2 aromatic carbocycles. The zero-order valence-electron chi connectivity index (χ0n) is 14.2. The van der Waals surface area contributed by atoms with Gasteiger partial charge < -0.3 is 15.5 Å². The number of fused-ring (bicyclic) bond motifs is 1. The van der Waals surface area contributed by atoms with Crippen molar-refractivity contribution in [1.82, 2.24) is 4.98 Å². The molecule has 0 spiro atoms. The number of aliphatic hydroxyl groups excluding tert-OH is 1. The van der Waals surface area contributed by atoms with E-state index in [-0.39, 0.29) is 18.1 Å². The van der Waals surface area contributed by atoms with Crippen LogP contribution < -0.4 is 5.32 Å². The minimum absolute atomic E-state index is 0.0114. The highest BCUT2D eigenvalue weighted by Gasteiger charge is 2.16. The van der Waals surface area contributed by atoms with E-state index in [0.717, 1.165) is 16.6 Å². The third kappa shape index (κ3) is 3.19. The van der Waals surface area contributed by atoms with E-state index in [1.54, 1.807) is 24.4 Å². The summed E-state index contributed by atoms with van der Waals surface area (Å²) < 4.78 is 0.